The molecule has 4 rings (SSSR count). The van der Waals surface area contributed by atoms with Crippen molar-refractivity contribution < 1.29 is 4.79 Å². The van der Waals surface area contributed by atoms with Crippen molar-refractivity contribution in [1.29, 1.82) is 0 Å². The summed E-state index contributed by atoms with van der Waals surface area (Å²) in [5.74, 6) is -0.0555. The highest BCUT2D eigenvalue weighted by molar-refractivity contribution is 6.30. The number of rotatable bonds is 5. The summed E-state index contributed by atoms with van der Waals surface area (Å²) in [5, 5.41) is 0.599. The monoisotopic (exact) mass is 389 g/mol. The molecule has 0 N–H and O–H groups in total. The van der Waals surface area contributed by atoms with Crippen LogP contribution in [0.1, 0.15) is 27.3 Å². The summed E-state index contributed by atoms with van der Waals surface area (Å²) in [6.07, 6.45) is 1.80. The fourth-order valence-corrected chi connectivity index (χ4v) is 3.51. The standard InChI is InChI=1S/C23H20ClN3O/c1-17-22(27-13-12-20(24)14-21(27)25-17)23(28)26(15-18-8-4-2-5-9-18)16-19-10-6-3-7-11-19/h2-14H,15-16H2,1H3. The summed E-state index contributed by atoms with van der Waals surface area (Å²) in [6, 6.07) is 23.6. The summed E-state index contributed by atoms with van der Waals surface area (Å²) in [6.45, 7) is 2.90. The number of hydrogen-bond donors (Lipinski definition) is 0. The summed E-state index contributed by atoms with van der Waals surface area (Å²) in [4.78, 5) is 19.9. The van der Waals surface area contributed by atoms with Gasteiger partial charge in [-0.15, -0.1) is 0 Å². The fraction of sp³-hybridized carbons (Fsp3) is 0.130. The van der Waals surface area contributed by atoms with Gasteiger partial charge in [-0.3, -0.25) is 9.20 Å². The number of imidazole rings is 1. The Hall–Kier alpha value is -3.11. The molecule has 0 atom stereocenters. The smallest absolute Gasteiger partial charge is 0.273 e. The first-order valence-electron chi connectivity index (χ1n) is 9.13. The molecule has 0 aliphatic heterocycles. The second kappa shape index (κ2) is 7.87. The Bertz CT molecular complexity index is 1070. The molecule has 0 unspecified atom stereocenters. The number of aromatic nitrogens is 2. The van der Waals surface area contributed by atoms with Crippen LogP contribution in [-0.4, -0.2) is 20.2 Å². The lowest BCUT2D eigenvalue weighted by atomic mass is 10.1. The molecule has 0 radical (unpaired) electrons. The van der Waals surface area contributed by atoms with Crippen LogP contribution in [0.2, 0.25) is 5.02 Å². The van der Waals surface area contributed by atoms with Crippen molar-refractivity contribution in [3.8, 4) is 0 Å². The van der Waals surface area contributed by atoms with Gasteiger partial charge in [-0.25, -0.2) is 4.98 Å². The van der Waals surface area contributed by atoms with E-state index in [9.17, 15) is 4.79 Å². The van der Waals surface area contributed by atoms with Crippen LogP contribution >= 0.6 is 11.6 Å². The van der Waals surface area contributed by atoms with E-state index in [-0.39, 0.29) is 5.91 Å². The van der Waals surface area contributed by atoms with Crippen LogP contribution in [0.25, 0.3) is 5.65 Å². The average Bonchev–Trinajstić information content (AvgIpc) is 3.03. The number of hydrogen-bond acceptors (Lipinski definition) is 2. The zero-order valence-electron chi connectivity index (χ0n) is 15.5. The van der Waals surface area contributed by atoms with E-state index in [2.05, 4.69) is 4.98 Å². The topological polar surface area (TPSA) is 37.6 Å². The van der Waals surface area contributed by atoms with Gasteiger partial charge < -0.3 is 4.90 Å². The number of benzene rings is 2. The number of carbonyl (C=O) groups is 1. The molecule has 0 saturated heterocycles. The van der Waals surface area contributed by atoms with Crippen LogP contribution in [-0.2, 0) is 13.1 Å². The van der Waals surface area contributed by atoms with Crippen LogP contribution in [0.15, 0.2) is 79.0 Å². The lowest BCUT2D eigenvalue weighted by Gasteiger charge is -2.23. The average molecular weight is 390 g/mol. The van der Waals surface area contributed by atoms with Crippen LogP contribution in [0.4, 0.5) is 0 Å². The molecule has 2 aromatic carbocycles. The van der Waals surface area contributed by atoms with Crippen LogP contribution in [0.5, 0.6) is 0 Å². The van der Waals surface area contributed by atoms with E-state index < -0.39 is 0 Å². The van der Waals surface area contributed by atoms with Crippen molar-refractivity contribution in [1.82, 2.24) is 14.3 Å². The third-order valence-corrected chi connectivity index (χ3v) is 4.92. The highest BCUT2D eigenvalue weighted by Crippen LogP contribution is 2.20. The Kier molecular flexibility index (Phi) is 5.13. The van der Waals surface area contributed by atoms with Gasteiger partial charge >= 0.3 is 0 Å². The van der Waals surface area contributed by atoms with Crippen LogP contribution in [0, 0.1) is 6.92 Å². The molecule has 4 aromatic rings. The van der Waals surface area contributed by atoms with Gasteiger partial charge in [-0.05, 0) is 24.1 Å². The molecule has 0 saturated carbocycles. The zero-order chi connectivity index (χ0) is 19.5. The molecule has 0 bridgehead atoms. The van der Waals surface area contributed by atoms with Crippen molar-refractivity contribution in [2.75, 3.05) is 0 Å². The summed E-state index contributed by atoms with van der Waals surface area (Å²) in [7, 11) is 0. The molecule has 0 spiro atoms. The minimum absolute atomic E-state index is 0.0555. The second-order valence-electron chi connectivity index (χ2n) is 6.75. The molecule has 2 aromatic heterocycles. The number of pyridine rings is 1. The van der Waals surface area contributed by atoms with E-state index in [1.165, 1.54) is 0 Å². The van der Waals surface area contributed by atoms with Crippen LogP contribution in [0.3, 0.4) is 0 Å². The van der Waals surface area contributed by atoms with Gasteiger partial charge in [-0.2, -0.15) is 0 Å². The lowest BCUT2D eigenvalue weighted by Crippen LogP contribution is -2.31. The normalized spacial score (nSPS) is 10.9. The minimum Gasteiger partial charge on any atom is -0.329 e. The molecule has 2 heterocycles. The summed E-state index contributed by atoms with van der Waals surface area (Å²) >= 11 is 6.09. The number of amides is 1. The Balaban J connectivity index is 1.73. The van der Waals surface area contributed by atoms with Crippen molar-refractivity contribution in [3.63, 3.8) is 0 Å². The second-order valence-corrected chi connectivity index (χ2v) is 7.19. The van der Waals surface area contributed by atoms with Crippen molar-refractivity contribution in [2.24, 2.45) is 0 Å². The molecule has 4 nitrogen and oxygen atoms in total. The van der Waals surface area contributed by atoms with E-state index in [1.54, 1.807) is 18.3 Å². The number of carbonyl (C=O) groups excluding carboxylic acids is 1. The zero-order valence-corrected chi connectivity index (χ0v) is 16.3. The van der Waals surface area contributed by atoms with Crippen molar-refractivity contribution in [2.45, 2.75) is 20.0 Å². The fourth-order valence-electron chi connectivity index (χ4n) is 3.35. The minimum atomic E-state index is -0.0555. The number of fused-ring (bicyclic) bond motifs is 1. The first kappa shape index (κ1) is 18.3. The largest absolute Gasteiger partial charge is 0.329 e. The molecular formula is C23H20ClN3O. The molecule has 0 aliphatic carbocycles. The van der Waals surface area contributed by atoms with Gasteiger partial charge in [0.05, 0.1) is 5.69 Å². The third-order valence-electron chi connectivity index (χ3n) is 4.68. The lowest BCUT2D eigenvalue weighted by molar-refractivity contribution is 0.0722. The van der Waals surface area contributed by atoms with E-state index in [1.807, 2.05) is 76.9 Å². The van der Waals surface area contributed by atoms with Gasteiger partial charge in [0.2, 0.25) is 0 Å². The first-order valence-corrected chi connectivity index (χ1v) is 9.51. The molecule has 0 aliphatic rings. The molecule has 0 fully saturated rings. The number of halogens is 1. The predicted octanol–water partition coefficient (Wildman–Crippen LogP) is 5.14. The van der Waals surface area contributed by atoms with E-state index in [4.69, 9.17) is 11.6 Å². The Morgan fingerprint density at radius 3 is 2.11 bits per heavy atom. The summed E-state index contributed by atoms with van der Waals surface area (Å²) < 4.78 is 1.81. The maximum absolute atomic E-state index is 13.6. The van der Waals surface area contributed by atoms with Gasteiger partial charge in [-0.1, -0.05) is 72.3 Å². The molecule has 5 heteroatoms. The molecule has 1 amide bonds. The SMILES string of the molecule is Cc1nc2cc(Cl)ccn2c1C(=O)N(Cc1ccccc1)Cc1ccccc1. The van der Waals surface area contributed by atoms with Gasteiger partial charge in [0.25, 0.3) is 5.91 Å². The molecular weight excluding hydrogens is 370 g/mol. The molecule has 28 heavy (non-hydrogen) atoms. The Labute approximate surface area is 169 Å². The first-order chi connectivity index (χ1) is 13.6. The van der Waals surface area contributed by atoms with E-state index >= 15 is 0 Å². The van der Waals surface area contributed by atoms with E-state index in [0.717, 1.165) is 11.1 Å². The maximum Gasteiger partial charge on any atom is 0.273 e. The Morgan fingerprint density at radius 2 is 1.54 bits per heavy atom. The maximum atomic E-state index is 13.6. The highest BCUT2D eigenvalue weighted by atomic mass is 35.5. The predicted molar refractivity (Wildman–Crippen MR) is 111 cm³/mol. The number of nitrogens with zero attached hydrogens (tertiary/aromatic N) is 3. The van der Waals surface area contributed by atoms with Gasteiger partial charge in [0, 0.05) is 30.4 Å². The number of aryl methyl sites for hydroxylation is 1. The quantitative estimate of drug-likeness (QED) is 0.474. The van der Waals surface area contributed by atoms with Crippen molar-refractivity contribution in [3.05, 3.63) is 107 Å². The third kappa shape index (κ3) is 3.78. The van der Waals surface area contributed by atoms with Crippen molar-refractivity contribution >= 4 is 23.2 Å². The van der Waals surface area contributed by atoms with Gasteiger partial charge in [0.1, 0.15) is 11.3 Å². The van der Waals surface area contributed by atoms with Gasteiger partial charge in [0.15, 0.2) is 0 Å². The van der Waals surface area contributed by atoms with Crippen LogP contribution < -0.4 is 0 Å². The highest BCUT2D eigenvalue weighted by Gasteiger charge is 2.23. The summed E-state index contributed by atoms with van der Waals surface area (Å²) in [5.41, 5.74) is 4.10. The molecule has 140 valence electrons. The Morgan fingerprint density at radius 1 is 0.964 bits per heavy atom. The van der Waals surface area contributed by atoms with E-state index in [0.29, 0.717) is 35.1 Å².